The highest BCUT2D eigenvalue weighted by molar-refractivity contribution is 7.91. The molecule has 1 aliphatic heterocycles. The van der Waals surface area contributed by atoms with Crippen LogP contribution >= 0.6 is 0 Å². The first-order valence-corrected chi connectivity index (χ1v) is 9.02. The Labute approximate surface area is 122 Å². The van der Waals surface area contributed by atoms with Gasteiger partial charge in [0, 0.05) is 19.1 Å². The van der Waals surface area contributed by atoms with Crippen LogP contribution in [-0.2, 0) is 14.6 Å². The van der Waals surface area contributed by atoms with Gasteiger partial charge in [-0.25, -0.2) is 8.42 Å². The zero-order valence-electron chi connectivity index (χ0n) is 12.7. The molecule has 20 heavy (non-hydrogen) atoms. The molecule has 0 aromatic rings. The Morgan fingerprint density at radius 1 is 1.50 bits per heavy atom. The minimum atomic E-state index is -2.90. The number of carbonyl (C=O) groups is 1. The maximum Gasteiger partial charge on any atom is 0.237 e. The van der Waals surface area contributed by atoms with Crippen LogP contribution in [0.4, 0.5) is 0 Å². The lowest BCUT2D eigenvalue weighted by atomic mass is 9.96. The van der Waals surface area contributed by atoms with Crippen LogP contribution in [0.15, 0.2) is 0 Å². The van der Waals surface area contributed by atoms with E-state index in [2.05, 4.69) is 10.2 Å². The Bertz CT molecular complexity index is 438. The molecule has 0 saturated carbocycles. The van der Waals surface area contributed by atoms with E-state index in [0.29, 0.717) is 19.5 Å². The molecule has 0 aliphatic carbocycles. The lowest BCUT2D eigenvalue weighted by Gasteiger charge is -2.36. The summed E-state index contributed by atoms with van der Waals surface area (Å²) in [6.45, 7) is 7.71. The largest absolute Gasteiger partial charge is 0.368 e. The quantitative estimate of drug-likeness (QED) is 0.676. The number of nitrogens with zero attached hydrogens (tertiary/aromatic N) is 1. The summed E-state index contributed by atoms with van der Waals surface area (Å²) in [6, 6.07) is -0.00273. The third-order valence-corrected chi connectivity index (χ3v) is 5.81. The number of primary amides is 1. The number of rotatable bonds is 7. The molecule has 3 N–H and O–H groups in total. The molecular weight excluding hydrogens is 278 g/mol. The Hall–Kier alpha value is -0.660. The summed E-state index contributed by atoms with van der Waals surface area (Å²) in [7, 11) is -2.90. The van der Waals surface area contributed by atoms with Gasteiger partial charge in [-0.3, -0.25) is 9.69 Å². The van der Waals surface area contributed by atoms with E-state index >= 15 is 0 Å². The van der Waals surface area contributed by atoms with Crippen LogP contribution in [0.2, 0.25) is 0 Å². The number of hydrogen-bond acceptors (Lipinski definition) is 5. The molecule has 1 saturated heterocycles. The van der Waals surface area contributed by atoms with Gasteiger partial charge in [0.05, 0.1) is 17.0 Å². The lowest BCUT2D eigenvalue weighted by molar-refractivity contribution is -0.124. The Morgan fingerprint density at radius 2 is 2.15 bits per heavy atom. The first-order chi connectivity index (χ1) is 9.20. The predicted molar refractivity (Wildman–Crippen MR) is 80.2 cm³/mol. The molecule has 1 fully saturated rings. The van der Waals surface area contributed by atoms with Gasteiger partial charge in [0.15, 0.2) is 9.84 Å². The van der Waals surface area contributed by atoms with E-state index < -0.39 is 15.4 Å². The summed E-state index contributed by atoms with van der Waals surface area (Å²) in [4.78, 5) is 13.8. The maximum atomic E-state index is 11.6. The predicted octanol–water partition coefficient (Wildman–Crippen LogP) is -0.261. The molecule has 0 aromatic heterocycles. The molecule has 118 valence electrons. The zero-order chi connectivity index (χ0) is 15.4. The van der Waals surface area contributed by atoms with Crippen LogP contribution in [0.1, 0.15) is 33.6 Å². The van der Waals surface area contributed by atoms with Crippen LogP contribution in [0.25, 0.3) is 0 Å². The molecule has 0 bridgehead atoms. The number of nitrogens with two attached hydrogens (primary N) is 1. The van der Waals surface area contributed by atoms with Crippen LogP contribution in [-0.4, -0.2) is 61.9 Å². The minimum Gasteiger partial charge on any atom is -0.368 e. The van der Waals surface area contributed by atoms with Crippen molar-refractivity contribution in [3.05, 3.63) is 0 Å². The molecular formula is C13H27N3O3S. The van der Waals surface area contributed by atoms with Crippen molar-refractivity contribution >= 4 is 15.7 Å². The molecule has 2 atom stereocenters. The van der Waals surface area contributed by atoms with Gasteiger partial charge >= 0.3 is 0 Å². The van der Waals surface area contributed by atoms with Crippen molar-refractivity contribution < 1.29 is 13.2 Å². The second-order valence-electron chi connectivity index (χ2n) is 5.87. The number of carbonyl (C=O) groups excluding carboxylic acids is 1. The molecule has 1 amide bonds. The van der Waals surface area contributed by atoms with Crippen LogP contribution in [0, 0.1) is 0 Å². The van der Waals surface area contributed by atoms with E-state index in [4.69, 9.17) is 5.73 Å². The molecule has 7 heteroatoms. The summed E-state index contributed by atoms with van der Waals surface area (Å²) in [5, 5.41) is 3.20. The highest BCUT2D eigenvalue weighted by atomic mass is 32.2. The third kappa shape index (κ3) is 4.71. The average molecular weight is 305 g/mol. The van der Waals surface area contributed by atoms with Gasteiger partial charge in [-0.15, -0.1) is 0 Å². The monoisotopic (exact) mass is 305 g/mol. The molecule has 0 radical (unpaired) electrons. The SMILES string of the molecule is CCCNC(C)(CCN1CCS(=O)(=O)CC1C)C(N)=O. The molecule has 2 unspecified atom stereocenters. The highest BCUT2D eigenvalue weighted by Gasteiger charge is 2.33. The third-order valence-electron chi connectivity index (χ3n) is 4.02. The van der Waals surface area contributed by atoms with Crippen molar-refractivity contribution in [1.29, 1.82) is 0 Å². The van der Waals surface area contributed by atoms with E-state index in [1.54, 1.807) is 0 Å². The maximum absolute atomic E-state index is 11.6. The summed E-state index contributed by atoms with van der Waals surface area (Å²) in [5.41, 5.74) is 4.76. The van der Waals surface area contributed by atoms with Crippen molar-refractivity contribution in [2.24, 2.45) is 5.73 Å². The molecule has 1 rings (SSSR count). The van der Waals surface area contributed by atoms with Gasteiger partial charge in [-0.05, 0) is 33.2 Å². The van der Waals surface area contributed by atoms with Crippen molar-refractivity contribution in [2.45, 2.75) is 45.2 Å². The van der Waals surface area contributed by atoms with Crippen LogP contribution in [0.5, 0.6) is 0 Å². The van der Waals surface area contributed by atoms with Gasteiger partial charge in [-0.1, -0.05) is 6.92 Å². The van der Waals surface area contributed by atoms with E-state index in [-0.39, 0.29) is 23.5 Å². The van der Waals surface area contributed by atoms with Crippen molar-refractivity contribution in [3.63, 3.8) is 0 Å². The van der Waals surface area contributed by atoms with Crippen LogP contribution in [0.3, 0.4) is 0 Å². The van der Waals surface area contributed by atoms with Gasteiger partial charge in [0.25, 0.3) is 0 Å². The molecule has 0 aromatic carbocycles. The first-order valence-electron chi connectivity index (χ1n) is 7.19. The summed E-state index contributed by atoms with van der Waals surface area (Å²) in [5.74, 6) is 0.0404. The van der Waals surface area contributed by atoms with Crippen molar-refractivity contribution in [3.8, 4) is 0 Å². The highest BCUT2D eigenvalue weighted by Crippen LogP contribution is 2.16. The van der Waals surface area contributed by atoms with E-state index in [9.17, 15) is 13.2 Å². The van der Waals surface area contributed by atoms with Gasteiger partial charge in [-0.2, -0.15) is 0 Å². The molecule has 1 aliphatic rings. The van der Waals surface area contributed by atoms with E-state index in [1.165, 1.54) is 0 Å². The summed E-state index contributed by atoms with van der Waals surface area (Å²) >= 11 is 0. The standard InChI is InChI=1S/C13H27N3O3S/c1-4-6-15-13(3,12(14)17)5-7-16-8-9-20(18,19)10-11(16)2/h11,15H,4-10H2,1-3H3,(H2,14,17). The normalized spacial score (nSPS) is 26.1. The van der Waals surface area contributed by atoms with E-state index in [1.807, 2.05) is 20.8 Å². The second kappa shape index (κ2) is 6.87. The fraction of sp³-hybridized carbons (Fsp3) is 0.923. The Balaban J connectivity index is 2.58. The van der Waals surface area contributed by atoms with Crippen molar-refractivity contribution in [1.82, 2.24) is 10.2 Å². The Kier molecular flexibility index (Phi) is 5.97. The number of amides is 1. The first kappa shape index (κ1) is 17.4. The molecule has 1 heterocycles. The minimum absolute atomic E-state index is 0.00273. The van der Waals surface area contributed by atoms with E-state index in [0.717, 1.165) is 13.0 Å². The number of sulfone groups is 1. The summed E-state index contributed by atoms with van der Waals surface area (Å²) < 4.78 is 23.1. The number of hydrogen-bond donors (Lipinski definition) is 2. The topological polar surface area (TPSA) is 92.5 Å². The fourth-order valence-corrected chi connectivity index (χ4v) is 4.06. The van der Waals surface area contributed by atoms with Gasteiger partial charge < -0.3 is 11.1 Å². The van der Waals surface area contributed by atoms with Crippen molar-refractivity contribution in [2.75, 3.05) is 31.1 Å². The molecule has 6 nitrogen and oxygen atoms in total. The van der Waals surface area contributed by atoms with Gasteiger partial charge in [0.2, 0.25) is 5.91 Å². The Morgan fingerprint density at radius 3 is 2.65 bits per heavy atom. The van der Waals surface area contributed by atoms with Gasteiger partial charge in [0.1, 0.15) is 0 Å². The second-order valence-corrected chi connectivity index (χ2v) is 8.10. The smallest absolute Gasteiger partial charge is 0.237 e. The molecule has 0 spiro atoms. The average Bonchev–Trinajstić information content (AvgIpc) is 2.34. The lowest BCUT2D eigenvalue weighted by Crippen LogP contribution is -2.56. The summed E-state index contributed by atoms with van der Waals surface area (Å²) in [6.07, 6.45) is 1.52. The number of nitrogens with one attached hydrogen (secondary N) is 1. The zero-order valence-corrected chi connectivity index (χ0v) is 13.5. The fourth-order valence-electron chi connectivity index (χ4n) is 2.43. The van der Waals surface area contributed by atoms with Crippen LogP contribution < -0.4 is 11.1 Å².